The van der Waals surface area contributed by atoms with Crippen molar-refractivity contribution in [3.05, 3.63) is 35.5 Å². The molecular weight excluding hydrogens is 248 g/mol. The molecule has 1 aromatic heterocycles. The Morgan fingerprint density at radius 3 is 2.74 bits per heavy atom. The number of H-pyrrole nitrogens is 1. The van der Waals surface area contributed by atoms with E-state index in [0.29, 0.717) is 12.3 Å². The van der Waals surface area contributed by atoms with Crippen LogP contribution < -0.4 is 4.74 Å². The zero-order chi connectivity index (χ0) is 13.8. The molecule has 6 heteroatoms. The van der Waals surface area contributed by atoms with Gasteiger partial charge in [-0.1, -0.05) is 0 Å². The van der Waals surface area contributed by atoms with Crippen LogP contribution in [-0.4, -0.2) is 35.5 Å². The summed E-state index contributed by atoms with van der Waals surface area (Å²) in [6.07, 6.45) is 0. The van der Waals surface area contributed by atoms with Gasteiger partial charge in [0, 0.05) is 18.2 Å². The van der Waals surface area contributed by atoms with Gasteiger partial charge in [-0.15, -0.1) is 0 Å². The smallest absolute Gasteiger partial charge is 0.353 e. The fraction of sp³-hybridized carbons (Fsp3) is 0.231. The minimum Gasteiger partial charge on any atom is -0.496 e. The first-order valence-corrected chi connectivity index (χ1v) is 5.60. The van der Waals surface area contributed by atoms with Gasteiger partial charge in [0.1, 0.15) is 11.4 Å². The third-order valence-corrected chi connectivity index (χ3v) is 2.68. The van der Waals surface area contributed by atoms with E-state index in [1.807, 2.05) is 12.1 Å². The van der Waals surface area contributed by atoms with Crippen LogP contribution in [-0.2, 0) is 11.3 Å². The summed E-state index contributed by atoms with van der Waals surface area (Å²) in [6, 6.07) is 6.98. The van der Waals surface area contributed by atoms with E-state index >= 15 is 0 Å². The lowest BCUT2D eigenvalue weighted by Gasteiger charge is -2.08. The Morgan fingerprint density at radius 1 is 1.37 bits per heavy atom. The van der Waals surface area contributed by atoms with Gasteiger partial charge < -0.3 is 14.6 Å². The lowest BCUT2D eigenvalue weighted by Crippen LogP contribution is -1.95. The average Bonchev–Trinajstić information content (AvgIpc) is 2.89. The molecule has 0 aliphatic heterocycles. The van der Waals surface area contributed by atoms with Crippen molar-refractivity contribution >= 4 is 5.97 Å². The quantitative estimate of drug-likeness (QED) is 0.860. The molecule has 1 aromatic carbocycles. The predicted octanol–water partition coefficient (Wildman–Crippen LogP) is 1.93. The molecule has 19 heavy (non-hydrogen) atoms. The first-order valence-electron chi connectivity index (χ1n) is 5.60. The van der Waals surface area contributed by atoms with Gasteiger partial charge in [-0.25, -0.2) is 4.79 Å². The molecule has 0 atom stereocenters. The highest BCUT2D eigenvalue weighted by atomic mass is 16.5. The van der Waals surface area contributed by atoms with Gasteiger partial charge in [-0.3, -0.25) is 5.10 Å². The van der Waals surface area contributed by atoms with Gasteiger partial charge in [0.15, 0.2) is 0 Å². The van der Waals surface area contributed by atoms with Crippen molar-refractivity contribution in [2.75, 3.05) is 14.2 Å². The molecule has 2 aromatic rings. The zero-order valence-corrected chi connectivity index (χ0v) is 10.6. The number of carboxylic acid groups (broad SMARTS) is 1. The van der Waals surface area contributed by atoms with Gasteiger partial charge in [-0.05, 0) is 24.3 Å². The van der Waals surface area contributed by atoms with Crippen LogP contribution in [0, 0.1) is 0 Å². The van der Waals surface area contributed by atoms with E-state index in [2.05, 4.69) is 10.2 Å². The van der Waals surface area contributed by atoms with Crippen LogP contribution in [0.4, 0.5) is 0 Å². The number of ether oxygens (including phenoxy) is 2. The highest BCUT2D eigenvalue weighted by molar-refractivity contribution is 5.86. The third-order valence-electron chi connectivity index (χ3n) is 2.68. The molecule has 0 unspecified atom stereocenters. The van der Waals surface area contributed by atoms with Crippen molar-refractivity contribution in [3.63, 3.8) is 0 Å². The van der Waals surface area contributed by atoms with Crippen LogP contribution in [0.2, 0.25) is 0 Å². The molecule has 0 aliphatic carbocycles. The van der Waals surface area contributed by atoms with Gasteiger partial charge in [0.25, 0.3) is 0 Å². The SMILES string of the molecule is COCc1cc(-c2cc(C(=O)O)[nH]n2)ccc1OC. The molecule has 100 valence electrons. The lowest BCUT2D eigenvalue weighted by molar-refractivity contribution is 0.0690. The van der Waals surface area contributed by atoms with Crippen molar-refractivity contribution < 1.29 is 19.4 Å². The van der Waals surface area contributed by atoms with Gasteiger partial charge in [0.05, 0.1) is 19.4 Å². The Bertz CT molecular complexity index is 592. The predicted molar refractivity (Wildman–Crippen MR) is 68.2 cm³/mol. The molecule has 0 fully saturated rings. The largest absolute Gasteiger partial charge is 0.496 e. The maximum Gasteiger partial charge on any atom is 0.353 e. The zero-order valence-electron chi connectivity index (χ0n) is 10.6. The maximum absolute atomic E-state index is 10.8. The summed E-state index contributed by atoms with van der Waals surface area (Å²) in [5, 5.41) is 15.3. The van der Waals surface area contributed by atoms with E-state index in [0.717, 1.165) is 16.9 Å². The molecule has 0 bridgehead atoms. The number of aromatic nitrogens is 2. The molecular formula is C13H14N2O4. The van der Waals surface area contributed by atoms with Crippen LogP contribution in [0.25, 0.3) is 11.3 Å². The summed E-state index contributed by atoms with van der Waals surface area (Å²) in [6.45, 7) is 0.410. The number of carbonyl (C=O) groups is 1. The van der Waals surface area contributed by atoms with Crippen LogP contribution >= 0.6 is 0 Å². The fourth-order valence-corrected chi connectivity index (χ4v) is 1.79. The molecule has 0 amide bonds. The number of nitrogens with one attached hydrogen (secondary N) is 1. The number of nitrogens with zero attached hydrogens (tertiary/aromatic N) is 1. The van der Waals surface area contributed by atoms with Crippen molar-refractivity contribution in [2.45, 2.75) is 6.61 Å². The van der Waals surface area contributed by atoms with E-state index in [1.165, 1.54) is 6.07 Å². The number of aromatic amines is 1. The first-order chi connectivity index (χ1) is 9.15. The van der Waals surface area contributed by atoms with Crippen LogP contribution in [0.1, 0.15) is 16.1 Å². The number of aromatic carboxylic acids is 1. The van der Waals surface area contributed by atoms with E-state index < -0.39 is 5.97 Å². The topological polar surface area (TPSA) is 84.4 Å². The van der Waals surface area contributed by atoms with Crippen molar-refractivity contribution in [1.82, 2.24) is 10.2 Å². The summed E-state index contributed by atoms with van der Waals surface area (Å²) in [5.41, 5.74) is 2.30. The van der Waals surface area contributed by atoms with Crippen molar-refractivity contribution in [3.8, 4) is 17.0 Å². The minimum atomic E-state index is -1.04. The van der Waals surface area contributed by atoms with Gasteiger partial charge >= 0.3 is 5.97 Å². The number of hydrogen-bond acceptors (Lipinski definition) is 4. The highest BCUT2D eigenvalue weighted by Gasteiger charge is 2.11. The second kappa shape index (κ2) is 5.53. The number of carboxylic acids is 1. The molecule has 0 aliphatic rings. The molecule has 6 nitrogen and oxygen atoms in total. The number of methoxy groups -OCH3 is 2. The summed E-state index contributed by atoms with van der Waals surface area (Å²) in [4.78, 5) is 10.8. The van der Waals surface area contributed by atoms with Crippen LogP contribution in [0.15, 0.2) is 24.3 Å². The Balaban J connectivity index is 2.38. The number of rotatable bonds is 5. The highest BCUT2D eigenvalue weighted by Crippen LogP contribution is 2.26. The number of benzene rings is 1. The second-order valence-corrected chi connectivity index (χ2v) is 3.93. The van der Waals surface area contributed by atoms with Crippen molar-refractivity contribution in [2.24, 2.45) is 0 Å². The summed E-state index contributed by atoms with van der Waals surface area (Å²) in [7, 11) is 3.19. The normalized spacial score (nSPS) is 10.4. The standard InChI is InChI=1S/C13H14N2O4/c1-18-7-9-5-8(3-4-12(9)19-2)10-6-11(13(16)17)15-14-10/h3-6H,7H2,1-2H3,(H,14,15)(H,16,17). The number of hydrogen-bond donors (Lipinski definition) is 2. The minimum absolute atomic E-state index is 0.0547. The van der Waals surface area contributed by atoms with Gasteiger partial charge in [-0.2, -0.15) is 5.10 Å². The summed E-state index contributed by atoms with van der Waals surface area (Å²) in [5.74, 6) is -0.316. The molecule has 0 saturated carbocycles. The van der Waals surface area contributed by atoms with Crippen LogP contribution in [0.3, 0.4) is 0 Å². The van der Waals surface area contributed by atoms with Gasteiger partial charge in [0.2, 0.25) is 0 Å². The summed E-state index contributed by atoms with van der Waals surface area (Å²) >= 11 is 0. The Morgan fingerprint density at radius 2 is 2.16 bits per heavy atom. The lowest BCUT2D eigenvalue weighted by atomic mass is 10.1. The fourth-order valence-electron chi connectivity index (χ4n) is 1.79. The summed E-state index contributed by atoms with van der Waals surface area (Å²) < 4.78 is 10.3. The third kappa shape index (κ3) is 2.74. The molecule has 0 saturated heterocycles. The monoisotopic (exact) mass is 262 g/mol. The van der Waals surface area contributed by atoms with Crippen molar-refractivity contribution in [1.29, 1.82) is 0 Å². The maximum atomic E-state index is 10.8. The Hall–Kier alpha value is -2.34. The Labute approximate surface area is 110 Å². The molecule has 2 N–H and O–H groups in total. The van der Waals surface area contributed by atoms with E-state index in [9.17, 15) is 4.79 Å². The second-order valence-electron chi connectivity index (χ2n) is 3.93. The molecule has 0 radical (unpaired) electrons. The molecule has 1 heterocycles. The Kier molecular flexibility index (Phi) is 3.82. The molecule has 0 spiro atoms. The average molecular weight is 262 g/mol. The first kappa shape index (κ1) is 13.1. The molecule has 2 rings (SSSR count). The van der Waals surface area contributed by atoms with E-state index in [1.54, 1.807) is 20.3 Å². The van der Waals surface area contributed by atoms with E-state index in [4.69, 9.17) is 14.6 Å². The van der Waals surface area contributed by atoms with E-state index in [-0.39, 0.29) is 5.69 Å². The van der Waals surface area contributed by atoms with Crippen LogP contribution in [0.5, 0.6) is 5.75 Å².